The molecule has 0 radical (unpaired) electrons. The van der Waals surface area contributed by atoms with E-state index in [0.29, 0.717) is 25.2 Å². The van der Waals surface area contributed by atoms with Crippen LogP contribution in [0.5, 0.6) is 0 Å². The van der Waals surface area contributed by atoms with E-state index in [0.717, 1.165) is 28.4 Å². The van der Waals surface area contributed by atoms with Crippen molar-refractivity contribution in [3.05, 3.63) is 81.8 Å². The molecule has 0 saturated heterocycles. The van der Waals surface area contributed by atoms with Crippen molar-refractivity contribution in [2.45, 2.75) is 25.6 Å². The number of hydrogen-bond donors (Lipinski definition) is 1. The van der Waals surface area contributed by atoms with E-state index in [1.54, 1.807) is 0 Å². The maximum atomic E-state index is 9.20. The van der Waals surface area contributed by atoms with Gasteiger partial charge < -0.3 is 14.4 Å². The van der Waals surface area contributed by atoms with E-state index in [9.17, 15) is 5.11 Å². The Bertz CT molecular complexity index is 711. The van der Waals surface area contributed by atoms with Crippen LogP contribution in [-0.4, -0.2) is 18.3 Å². The Hall–Kier alpha value is -0.300. The fraction of sp³-hybridized carbons (Fsp3) is 0.300. The second-order valence-electron chi connectivity index (χ2n) is 5.95. The first-order chi connectivity index (χ1) is 12.6. The molecule has 0 heterocycles. The lowest BCUT2D eigenvalue weighted by molar-refractivity contribution is 0.0588. The van der Waals surface area contributed by atoms with Crippen LogP contribution in [0.25, 0.3) is 0 Å². The molecule has 2 aromatic rings. The summed E-state index contributed by atoms with van der Waals surface area (Å²) >= 11 is 5.84. The summed E-state index contributed by atoms with van der Waals surface area (Å²) in [4.78, 5) is 0. The van der Waals surface area contributed by atoms with Crippen LogP contribution in [0.1, 0.15) is 29.2 Å². The van der Waals surface area contributed by atoms with Crippen LogP contribution in [0.15, 0.2) is 65.2 Å². The van der Waals surface area contributed by atoms with Gasteiger partial charge in [0.1, 0.15) is 0 Å². The summed E-state index contributed by atoms with van der Waals surface area (Å²) in [5.41, 5.74) is 4.21. The van der Waals surface area contributed by atoms with Gasteiger partial charge in [-0.05, 0) is 63.2 Å². The lowest BCUT2D eigenvalue weighted by Crippen LogP contribution is -2.10. The molecule has 0 spiro atoms. The summed E-state index contributed by atoms with van der Waals surface area (Å²) in [6, 6.07) is 16.6. The minimum Gasteiger partial charge on any atom is -0.392 e. The lowest BCUT2D eigenvalue weighted by atomic mass is 9.99. The topological polar surface area (TPSA) is 38.7 Å². The second-order valence-corrected chi connectivity index (χ2v) is 8.57. The number of ether oxygens (including phenoxy) is 1. The Morgan fingerprint density at radius 1 is 1.23 bits per heavy atom. The average molecular weight is 549 g/mol. The summed E-state index contributed by atoms with van der Waals surface area (Å²) in [5.74, 6) is 0. The predicted molar refractivity (Wildman–Crippen MR) is 121 cm³/mol. The molecule has 2 unspecified atom stereocenters. The Labute approximate surface area is 178 Å². The third kappa shape index (κ3) is 7.37. The van der Waals surface area contributed by atoms with Crippen molar-refractivity contribution in [3.8, 4) is 0 Å². The summed E-state index contributed by atoms with van der Waals surface area (Å²) in [6.07, 6.45) is 1.68. The highest BCUT2D eigenvalue weighted by Crippen LogP contribution is 2.28. The Balaban J connectivity index is 2.12. The molecule has 0 aliphatic heterocycles. The van der Waals surface area contributed by atoms with E-state index in [2.05, 4.69) is 74.9 Å². The van der Waals surface area contributed by atoms with Crippen molar-refractivity contribution < 1.29 is 14.4 Å². The van der Waals surface area contributed by atoms with Crippen LogP contribution in [0.4, 0.5) is 0 Å². The first-order valence-corrected chi connectivity index (χ1v) is 13.1. The molecule has 0 aliphatic carbocycles. The number of halogens is 2. The van der Waals surface area contributed by atoms with Crippen LogP contribution in [0, 0.1) is 0 Å². The van der Waals surface area contributed by atoms with E-state index < -0.39 is 0 Å². The van der Waals surface area contributed by atoms with Crippen molar-refractivity contribution in [2.75, 3.05) is 13.2 Å². The number of rotatable bonds is 11. The molecule has 0 aromatic heterocycles. The molecule has 3 nitrogen and oxygen atoms in total. The SMILES string of the molecule is C=C(CO)COC(CCc1ccccc1Br)c1cccc(COPI)c1. The summed E-state index contributed by atoms with van der Waals surface area (Å²) in [5, 5.41) is 9.20. The van der Waals surface area contributed by atoms with Gasteiger partial charge in [-0.15, -0.1) is 0 Å². The summed E-state index contributed by atoms with van der Waals surface area (Å²) < 4.78 is 12.7. The quantitative estimate of drug-likeness (QED) is 0.208. The van der Waals surface area contributed by atoms with Gasteiger partial charge in [-0.2, -0.15) is 0 Å². The molecule has 0 fully saturated rings. The zero-order chi connectivity index (χ0) is 18.8. The van der Waals surface area contributed by atoms with E-state index in [4.69, 9.17) is 9.26 Å². The number of aryl methyl sites for hydroxylation is 1. The van der Waals surface area contributed by atoms with Crippen LogP contribution in [0.3, 0.4) is 0 Å². The molecule has 6 heteroatoms. The van der Waals surface area contributed by atoms with Crippen molar-refractivity contribution in [3.63, 3.8) is 0 Å². The van der Waals surface area contributed by atoms with Gasteiger partial charge in [0.2, 0.25) is 0 Å². The molecule has 2 aromatic carbocycles. The van der Waals surface area contributed by atoms with Gasteiger partial charge in [0.05, 0.1) is 32.4 Å². The van der Waals surface area contributed by atoms with E-state index >= 15 is 0 Å². The Kier molecular flexibility index (Phi) is 10.3. The van der Waals surface area contributed by atoms with Crippen molar-refractivity contribution in [2.24, 2.45) is 0 Å². The van der Waals surface area contributed by atoms with Crippen molar-refractivity contribution in [1.82, 2.24) is 0 Å². The molecular weight excluding hydrogens is 526 g/mol. The van der Waals surface area contributed by atoms with Gasteiger partial charge in [-0.1, -0.05) is 65.0 Å². The van der Waals surface area contributed by atoms with Gasteiger partial charge in [-0.25, -0.2) is 0 Å². The maximum absolute atomic E-state index is 9.20. The van der Waals surface area contributed by atoms with Gasteiger partial charge in [0.25, 0.3) is 0 Å². The monoisotopic (exact) mass is 548 g/mol. The third-order valence-corrected chi connectivity index (χ3v) is 5.92. The molecule has 26 heavy (non-hydrogen) atoms. The highest BCUT2D eigenvalue weighted by molar-refractivity contribution is 14.2. The van der Waals surface area contributed by atoms with E-state index in [1.807, 2.05) is 18.2 Å². The van der Waals surface area contributed by atoms with E-state index in [1.165, 1.54) is 5.56 Å². The van der Waals surface area contributed by atoms with Gasteiger partial charge in [-0.3, -0.25) is 0 Å². The molecule has 0 amide bonds. The molecular formula is C20H23BrIO3P. The van der Waals surface area contributed by atoms with E-state index in [-0.39, 0.29) is 12.7 Å². The number of benzene rings is 2. The zero-order valence-electron chi connectivity index (χ0n) is 14.5. The first kappa shape index (κ1) is 22.0. The molecule has 0 aliphatic rings. The highest BCUT2D eigenvalue weighted by atomic mass is 127. The maximum Gasteiger partial charge on any atom is 0.0832 e. The summed E-state index contributed by atoms with van der Waals surface area (Å²) in [7, 11) is 0. The van der Waals surface area contributed by atoms with Gasteiger partial charge >= 0.3 is 0 Å². The fourth-order valence-electron chi connectivity index (χ4n) is 2.59. The highest BCUT2D eigenvalue weighted by Gasteiger charge is 2.14. The smallest absolute Gasteiger partial charge is 0.0832 e. The van der Waals surface area contributed by atoms with Gasteiger partial charge in [0, 0.05) is 4.47 Å². The lowest BCUT2D eigenvalue weighted by Gasteiger charge is -2.20. The largest absolute Gasteiger partial charge is 0.392 e. The molecule has 1 N–H and O–H groups in total. The van der Waals surface area contributed by atoms with Crippen LogP contribution in [0.2, 0.25) is 0 Å². The average Bonchev–Trinajstić information content (AvgIpc) is 2.67. The number of hydrogen-bond acceptors (Lipinski definition) is 3. The fourth-order valence-corrected chi connectivity index (χ4v) is 3.76. The molecule has 0 bridgehead atoms. The minimum absolute atomic E-state index is 0.0541. The van der Waals surface area contributed by atoms with Crippen LogP contribution < -0.4 is 0 Å². The van der Waals surface area contributed by atoms with Crippen LogP contribution >= 0.6 is 44.4 Å². The Morgan fingerprint density at radius 2 is 2.04 bits per heavy atom. The van der Waals surface area contributed by atoms with Gasteiger partial charge in [0.15, 0.2) is 0 Å². The molecule has 140 valence electrons. The molecule has 0 saturated carbocycles. The summed E-state index contributed by atoms with van der Waals surface area (Å²) in [6.45, 7) is 5.18. The molecule has 2 atom stereocenters. The number of aliphatic hydroxyl groups excluding tert-OH is 1. The predicted octanol–water partition coefficient (Wildman–Crippen LogP) is 6.15. The standard InChI is InChI=1S/C20H23BrIO3P/c1-15(12-23)13-24-20(10-9-17-6-2-3-8-19(17)21)18-7-4-5-16(11-18)14-25-26-22/h2-8,11,20,23,26H,1,9-10,12-14H2. The Morgan fingerprint density at radius 3 is 2.77 bits per heavy atom. The molecule has 2 rings (SSSR count). The van der Waals surface area contributed by atoms with Crippen molar-refractivity contribution >= 4 is 44.4 Å². The second kappa shape index (κ2) is 12.2. The minimum atomic E-state index is -0.0626. The first-order valence-electron chi connectivity index (χ1n) is 8.32. The number of aliphatic hydroxyl groups is 1. The normalized spacial score (nSPS) is 12.6. The third-order valence-electron chi connectivity index (χ3n) is 3.96. The van der Waals surface area contributed by atoms with Crippen molar-refractivity contribution in [1.29, 1.82) is 0 Å². The zero-order valence-corrected chi connectivity index (χ0v) is 19.2. The van der Waals surface area contributed by atoms with Crippen LogP contribution in [-0.2, 0) is 22.3 Å².